The lowest BCUT2D eigenvalue weighted by atomic mass is 10.1. The third-order valence-electron chi connectivity index (χ3n) is 2.55. The topological polar surface area (TPSA) is 9.23 Å². The molecule has 0 aromatic heterocycles. The summed E-state index contributed by atoms with van der Waals surface area (Å²) >= 11 is 0. The van der Waals surface area contributed by atoms with Crippen LogP contribution in [0.15, 0.2) is 42.5 Å². The number of para-hydroxylation sites is 1. The first-order valence-electron chi connectivity index (χ1n) is 5.33. The third kappa shape index (κ3) is 2.25. The van der Waals surface area contributed by atoms with Crippen LogP contribution in [0.25, 0.3) is 0 Å². The van der Waals surface area contributed by atoms with Gasteiger partial charge in [-0.15, -0.1) is 0 Å². The van der Waals surface area contributed by atoms with Crippen molar-refractivity contribution in [1.29, 1.82) is 0 Å². The Morgan fingerprint density at radius 3 is 2.00 bits per heavy atom. The molecule has 0 aliphatic carbocycles. The number of hydrogen-bond donors (Lipinski definition) is 0. The zero-order chi connectivity index (χ0) is 11.5. The lowest BCUT2D eigenvalue weighted by Crippen LogP contribution is -1.90. The molecule has 0 spiro atoms. The fourth-order valence-corrected chi connectivity index (χ4v) is 1.64. The summed E-state index contributed by atoms with van der Waals surface area (Å²) in [7, 11) is 0. The molecule has 0 amide bonds. The Bertz CT molecular complexity index is 463. The van der Waals surface area contributed by atoms with Crippen LogP contribution in [-0.2, 0) is 0 Å². The summed E-state index contributed by atoms with van der Waals surface area (Å²) in [5.41, 5.74) is 3.30. The Balaban J connectivity index is 2.30. The van der Waals surface area contributed by atoms with Crippen LogP contribution in [0.5, 0.6) is 11.5 Å². The summed E-state index contributed by atoms with van der Waals surface area (Å²) in [6.45, 7) is 7.96. The van der Waals surface area contributed by atoms with Gasteiger partial charge in [-0.1, -0.05) is 30.3 Å². The fourth-order valence-electron chi connectivity index (χ4n) is 1.64. The molecule has 1 heteroatoms. The standard InChI is InChI=1S/C15H15O/c1-11-7-9-14(10-8-11)16-15-12(2)5-4-6-13(15)3/h4-10H,1H2,2-3H3. The van der Waals surface area contributed by atoms with Gasteiger partial charge in [0.1, 0.15) is 11.5 Å². The minimum Gasteiger partial charge on any atom is -0.457 e. The highest BCUT2D eigenvalue weighted by atomic mass is 16.5. The van der Waals surface area contributed by atoms with Crippen molar-refractivity contribution in [1.82, 2.24) is 0 Å². The molecule has 0 atom stereocenters. The summed E-state index contributed by atoms with van der Waals surface area (Å²) in [6, 6.07) is 13.9. The molecule has 0 unspecified atom stereocenters. The first-order chi connectivity index (χ1) is 7.66. The zero-order valence-electron chi connectivity index (χ0n) is 9.66. The van der Waals surface area contributed by atoms with Gasteiger partial charge in [0.05, 0.1) is 0 Å². The van der Waals surface area contributed by atoms with Gasteiger partial charge in [0.15, 0.2) is 0 Å². The predicted molar refractivity (Wildman–Crippen MR) is 66.9 cm³/mol. The van der Waals surface area contributed by atoms with Crippen LogP contribution in [0.3, 0.4) is 0 Å². The van der Waals surface area contributed by atoms with Crippen LogP contribution in [-0.4, -0.2) is 0 Å². The van der Waals surface area contributed by atoms with Crippen LogP contribution < -0.4 is 4.74 Å². The summed E-state index contributed by atoms with van der Waals surface area (Å²) in [6.07, 6.45) is 0. The molecule has 0 saturated carbocycles. The van der Waals surface area contributed by atoms with E-state index in [2.05, 4.69) is 32.9 Å². The maximum absolute atomic E-state index is 5.87. The van der Waals surface area contributed by atoms with E-state index in [0.29, 0.717) is 0 Å². The lowest BCUT2D eigenvalue weighted by Gasteiger charge is -2.11. The molecule has 81 valence electrons. The van der Waals surface area contributed by atoms with Crippen molar-refractivity contribution in [3.05, 3.63) is 66.1 Å². The Labute approximate surface area is 96.7 Å². The Hall–Kier alpha value is -1.76. The molecule has 0 N–H and O–H groups in total. The average Bonchev–Trinajstić information content (AvgIpc) is 2.26. The summed E-state index contributed by atoms with van der Waals surface area (Å²) in [4.78, 5) is 0. The highest BCUT2D eigenvalue weighted by Gasteiger charge is 2.04. The minimum atomic E-state index is 0.852. The molecule has 16 heavy (non-hydrogen) atoms. The molecule has 2 aromatic rings. The van der Waals surface area contributed by atoms with Crippen molar-refractivity contribution >= 4 is 0 Å². The first-order valence-corrected chi connectivity index (χ1v) is 5.33. The summed E-state index contributed by atoms with van der Waals surface area (Å²) in [5, 5.41) is 0. The quantitative estimate of drug-likeness (QED) is 0.720. The Morgan fingerprint density at radius 1 is 0.875 bits per heavy atom. The van der Waals surface area contributed by atoms with E-state index in [1.807, 2.05) is 30.3 Å². The second-order valence-corrected chi connectivity index (χ2v) is 3.97. The third-order valence-corrected chi connectivity index (χ3v) is 2.55. The van der Waals surface area contributed by atoms with Crippen molar-refractivity contribution < 1.29 is 4.74 Å². The van der Waals surface area contributed by atoms with Crippen LogP contribution >= 0.6 is 0 Å². The second kappa shape index (κ2) is 4.40. The fraction of sp³-hybridized carbons (Fsp3) is 0.133. The summed E-state index contributed by atoms with van der Waals surface area (Å²) in [5.74, 6) is 1.80. The smallest absolute Gasteiger partial charge is 0.133 e. The molecule has 2 aromatic carbocycles. The number of aryl methyl sites for hydroxylation is 2. The largest absolute Gasteiger partial charge is 0.457 e. The van der Waals surface area contributed by atoms with Gasteiger partial charge in [0, 0.05) is 0 Å². The van der Waals surface area contributed by atoms with Gasteiger partial charge >= 0.3 is 0 Å². The van der Waals surface area contributed by atoms with E-state index in [1.165, 1.54) is 0 Å². The second-order valence-electron chi connectivity index (χ2n) is 3.97. The van der Waals surface area contributed by atoms with Gasteiger partial charge in [-0.3, -0.25) is 0 Å². The molecular weight excluding hydrogens is 196 g/mol. The molecule has 1 nitrogen and oxygen atoms in total. The highest BCUT2D eigenvalue weighted by Crippen LogP contribution is 2.28. The van der Waals surface area contributed by atoms with Crippen LogP contribution in [0.4, 0.5) is 0 Å². The normalized spacial score (nSPS) is 10.2. The molecule has 0 aliphatic heterocycles. The van der Waals surface area contributed by atoms with Crippen LogP contribution in [0.1, 0.15) is 16.7 Å². The molecule has 2 rings (SSSR count). The van der Waals surface area contributed by atoms with E-state index in [-0.39, 0.29) is 0 Å². The number of benzene rings is 2. The van der Waals surface area contributed by atoms with Crippen molar-refractivity contribution in [2.24, 2.45) is 0 Å². The van der Waals surface area contributed by atoms with Crippen molar-refractivity contribution in [3.63, 3.8) is 0 Å². The monoisotopic (exact) mass is 211 g/mol. The molecular formula is C15H15O. The summed E-state index contributed by atoms with van der Waals surface area (Å²) < 4.78 is 5.87. The highest BCUT2D eigenvalue weighted by molar-refractivity contribution is 5.43. The lowest BCUT2D eigenvalue weighted by molar-refractivity contribution is 0.475. The van der Waals surface area contributed by atoms with E-state index >= 15 is 0 Å². The van der Waals surface area contributed by atoms with Crippen LogP contribution in [0.2, 0.25) is 0 Å². The van der Waals surface area contributed by atoms with Crippen molar-refractivity contribution in [2.75, 3.05) is 0 Å². The molecule has 0 fully saturated rings. The van der Waals surface area contributed by atoms with E-state index in [9.17, 15) is 0 Å². The maximum Gasteiger partial charge on any atom is 0.133 e. The minimum absolute atomic E-state index is 0.852. The number of ether oxygens (including phenoxy) is 1. The van der Waals surface area contributed by atoms with Crippen LogP contribution in [0, 0.1) is 20.8 Å². The molecule has 0 bridgehead atoms. The molecule has 0 heterocycles. The Morgan fingerprint density at radius 2 is 1.44 bits per heavy atom. The van der Waals surface area contributed by atoms with Gasteiger partial charge in [0.2, 0.25) is 0 Å². The van der Waals surface area contributed by atoms with E-state index in [0.717, 1.165) is 28.2 Å². The van der Waals surface area contributed by atoms with E-state index < -0.39 is 0 Å². The maximum atomic E-state index is 5.87. The van der Waals surface area contributed by atoms with Crippen molar-refractivity contribution in [3.8, 4) is 11.5 Å². The number of hydrogen-bond acceptors (Lipinski definition) is 1. The average molecular weight is 211 g/mol. The van der Waals surface area contributed by atoms with Gasteiger partial charge < -0.3 is 4.74 Å². The Kier molecular flexibility index (Phi) is 2.95. The molecule has 0 saturated heterocycles. The SMILES string of the molecule is [CH2]c1ccc(Oc2c(C)cccc2C)cc1. The van der Waals surface area contributed by atoms with Crippen molar-refractivity contribution in [2.45, 2.75) is 13.8 Å². The van der Waals surface area contributed by atoms with Gasteiger partial charge in [0.25, 0.3) is 0 Å². The predicted octanol–water partition coefficient (Wildman–Crippen LogP) is 4.28. The molecule has 1 radical (unpaired) electrons. The van der Waals surface area contributed by atoms with Gasteiger partial charge in [-0.25, -0.2) is 0 Å². The first kappa shape index (κ1) is 10.7. The number of rotatable bonds is 2. The molecule has 0 aliphatic rings. The van der Waals surface area contributed by atoms with Gasteiger partial charge in [-0.2, -0.15) is 0 Å². The van der Waals surface area contributed by atoms with E-state index in [4.69, 9.17) is 4.74 Å². The zero-order valence-corrected chi connectivity index (χ0v) is 9.66. The van der Waals surface area contributed by atoms with Gasteiger partial charge in [-0.05, 0) is 49.6 Å². The van der Waals surface area contributed by atoms with E-state index in [1.54, 1.807) is 0 Å².